The van der Waals surface area contributed by atoms with E-state index >= 15 is 0 Å². The monoisotopic (exact) mass is 534 g/mol. The highest BCUT2D eigenvalue weighted by Gasteiger charge is 2.52. The van der Waals surface area contributed by atoms with E-state index in [2.05, 4.69) is 137 Å². The lowest BCUT2D eigenvalue weighted by Crippen LogP contribution is -2.57. The number of rotatable bonds is 9. The molecule has 0 spiro atoms. The second-order valence-electron chi connectivity index (χ2n) is 15.2. The van der Waals surface area contributed by atoms with Crippen molar-refractivity contribution in [2.45, 2.75) is 169 Å². The molecular weight excluding hydrogens is 473 g/mol. The quantitative estimate of drug-likeness (QED) is 0.286. The van der Waals surface area contributed by atoms with Gasteiger partial charge in [-0.25, -0.2) is 0 Å². The Morgan fingerprint density at radius 3 is 1.20 bits per heavy atom. The molecule has 0 aliphatic carbocycles. The van der Waals surface area contributed by atoms with Crippen LogP contribution in [-0.4, -0.2) is 23.8 Å². The molecule has 0 atom stereocenters. The number of hydrogen-bond acceptors (Lipinski definition) is 1. The van der Waals surface area contributed by atoms with Crippen LogP contribution >= 0.6 is 0 Å². The molecule has 0 saturated heterocycles. The van der Waals surface area contributed by atoms with Gasteiger partial charge in [-0.3, -0.25) is 0 Å². The molecule has 0 unspecified atom stereocenters. The van der Waals surface area contributed by atoms with E-state index in [1.54, 1.807) is 5.17 Å². The van der Waals surface area contributed by atoms with Crippen LogP contribution in [0.5, 0.6) is 5.36 Å². The predicted molar refractivity (Wildman–Crippen MR) is 168 cm³/mol. The highest BCUT2D eigenvalue weighted by Crippen LogP contribution is 2.50. The fourth-order valence-electron chi connectivity index (χ4n) is 7.58. The van der Waals surface area contributed by atoms with Crippen LogP contribution in [0.1, 0.15) is 135 Å². The zero-order valence-electron chi connectivity index (χ0n) is 27.0. The Morgan fingerprint density at radius 1 is 0.571 bits per heavy atom. The largest absolute Gasteiger partial charge is 0.547 e. The zero-order chi connectivity index (χ0) is 27.9. The first-order valence-corrected chi connectivity index (χ1v) is 21.3. The highest BCUT2D eigenvalue weighted by molar-refractivity contribution is 7.33. The molecule has 0 amide bonds. The first-order valence-electron chi connectivity index (χ1n) is 14.5. The maximum atomic E-state index is 7.80. The lowest BCUT2D eigenvalue weighted by Gasteiger charge is -2.49. The fraction of sp³-hybridized carbons (Fsp3) is 0.839. The second-order valence-corrected chi connectivity index (χ2v) is 31.8. The molecule has 0 aliphatic rings. The summed E-state index contributed by atoms with van der Waals surface area (Å²) >= 11 is 0. The Bertz CT molecular complexity index is 792. The molecule has 0 N–H and O–H groups in total. The van der Waals surface area contributed by atoms with E-state index in [4.69, 9.17) is 4.43 Å². The molecule has 0 bridgehead atoms. The second kappa shape index (κ2) is 11.3. The van der Waals surface area contributed by atoms with E-state index in [9.17, 15) is 0 Å². The Morgan fingerprint density at radius 2 is 0.943 bits per heavy atom. The molecule has 35 heavy (non-hydrogen) atoms. The normalized spacial score (nSPS) is 14.4. The van der Waals surface area contributed by atoms with Crippen LogP contribution < -0.4 is 4.43 Å². The Labute approximate surface area is 224 Å². The molecule has 0 radical (unpaired) electrons. The van der Waals surface area contributed by atoms with Gasteiger partial charge in [0.05, 0.1) is 20.9 Å². The Balaban J connectivity index is 4.45. The van der Waals surface area contributed by atoms with Gasteiger partial charge in [0, 0.05) is 0 Å². The summed E-state index contributed by atoms with van der Waals surface area (Å²) in [6, 6.07) is 5.23. The average molecular weight is 535 g/mol. The summed E-state index contributed by atoms with van der Waals surface area (Å²) in [7, 11) is -4.93. The Kier molecular flexibility index (Phi) is 10.6. The van der Waals surface area contributed by atoms with Crippen molar-refractivity contribution in [3.05, 3.63) is 22.9 Å². The van der Waals surface area contributed by atoms with E-state index in [0.717, 1.165) is 16.6 Å². The number of hydrogen-bond donors (Lipinski definition) is 0. The zero-order valence-corrected chi connectivity index (χ0v) is 30.0. The maximum absolute atomic E-state index is 7.80. The standard InChI is InChI=1S/C31H62OSi3/c1-21(2)34(22(3)4,23(5)6)32-29-20-27(30(13,14)15)19-28(31(16,17)18)33(29)35(24(7)8,25(9)10)26(11)12/h19-26H,1-18H3. The molecule has 1 aromatic rings. The van der Waals surface area contributed by atoms with Crippen molar-refractivity contribution in [1.29, 1.82) is 0 Å². The van der Waals surface area contributed by atoms with Crippen molar-refractivity contribution in [3.8, 4) is 5.36 Å². The van der Waals surface area contributed by atoms with Crippen LogP contribution in [0.15, 0.2) is 12.1 Å². The summed E-state index contributed by atoms with van der Waals surface area (Å²) in [5, 5.41) is 3.17. The predicted octanol–water partition coefficient (Wildman–Crippen LogP) is 10.9. The first kappa shape index (κ1) is 32.8. The fourth-order valence-corrected chi connectivity index (χ4v) is 31.8. The van der Waals surface area contributed by atoms with Crippen LogP contribution in [0.3, 0.4) is 0 Å². The van der Waals surface area contributed by atoms with Gasteiger partial charge in [0.25, 0.3) is 8.32 Å². The van der Waals surface area contributed by atoms with Gasteiger partial charge in [-0.2, -0.15) is 0 Å². The summed E-state index contributed by atoms with van der Waals surface area (Å²) in [6.45, 7) is 44.4. The third-order valence-corrected chi connectivity index (χ3v) is 33.4. The van der Waals surface area contributed by atoms with E-state index in [1.807, 2.05) is 0 Å². The van der Waals surface area contributed by atoms with Gasteiger partial charge in [0.15, 0.2) is 0 Å². The first-order chi connectivity index (χ1) is 15.6. The summed E-state index contributed by atoms with van der Waals surface area (Å²) in [5.41, 5.74) is 5.63. The van der Waals surface area contributed by atoms with E-state index in [-0.39, 0.29) is 10.8 Å². The molecule has 4 heteroatoms. The molecule has 0 aromatic carbocycles. The maximum Gasteiger partial charge on any atom is 0.258 e. The van der Waals surface area contributed by atoms with Crippen LogP contribution in [0.4, 0.5) is 0 Å². The molecule has 1 rings (SSSR count). The average Bonchev–Trinajstić information content (AvgIpc) is 2.63. The molecule has 1 nitrogen and oxygen atoms in total. The summed E-state index contributed by atoms with van der Waals surface area (Å²) < 4.78 is 7.80. The van der Waals surface area contributed by atoms with Crippen molar-refractivity contribution in [2.75, 3.05) is 0 Å². The lowest BCUT2D eigenvalue weighted by molar-refractivity contribution is 0.483. The Hall–Kier alpha value is -0.199. The third-order valence-electron chi connectivity index (χ3n) is 9.07. The minimum absolute atomic E-state index is 0.105. The van der Waals surface area contributed by atoms with E-state index in [1.165, 1.54) is 10.9 Å². The van der Waals surface area contributed by atoms with Crippen LogP contribution in [0, 0.1) is 0 Å². The van der Waals surface area contributed by atoms with E-state index < -0.39 is 23.8 Å². The van der Waals surface area contributed by atoms with Gasteiger partial charge in [-0.15, -0.1) is 0 Å². The molecule has 0 saturated carbocycles. The molecular formula is C31H62OSi3. The van der Waals surface area contributed by atoms with Gasteiger partial charge < -0.3 is 4.43 Å². The van der Waals surface area contributed by atoms with Crippen molar-refractivity contribution in [1.82, 2.24) is 0 Å². The minimum Gasteiger partial charge on any atom is -0.547 e. The topological polar surface area (TPSA) is 9.23 Å². The van der Waals surface area contributed by atoms with Gasteiger partial charge in [0.2, 0.25) is 0 Å². The smallest absolute Gasteiger partial charge is 0.258 e. The van der Waals surface area contributed by atoms with Gasteiger partial charge in [-0.1, -0.05) is 136 Å². The highest BCUT2D eigenvalue weighted by atomic mass is 29.2. The van der Waals surface area contributed by atoms with Crippen molar-refractivity contribution in [2.24, 2.45) is 0 Å². The van der Waals surface area contributed by atoms with Crippen LogP contribution in [-0.2, 0) is 10.8 Å². The van der Waals surface area contributed by atoms with Crippen molar-refractivity contribution in [3.63, 3.8) is 0 Å². The third kappa shape index (κ3) is 6.11. The molecule has 0 aliphatic heterocycles. The van der Waals surface area contributed by atoms with Gasteiger partial charge in [0.1, 0.15) is 0 Å². The summed E-state index contributed by atoms with van der Waals surface area (Å²) in [5.74, 6) is 0. The summed E-state index contributed by atoms with van der Waals surface area (Å²) in [6.07, 6.45) is 0. The lowest BCUT2D eigenvalue weighted by atomic mass is 9.85. The van der Waals surface area contributed by atoms with Crippen LogP contribution in [0.2, 0.25) is 33.2 Å². The molecule has 0 fully saturated rings. The SMILES string of the molecule is CC(C)[Si](Oc1cc(C(C)(C)C)cc(C(C)(C)C)[si]1[Si](C(C)C)(C(C)C)C(C)C)(C(C)C)C(C)C. The van der Waals surface area contributed by atoms with Gasteiger partial charge in [-0.05, 0) is 55.7 Å². The van der Waals surface area contributed by atoms with Crippen molar-refractivity contribution < 1.29 is 4.43 Å². The minimum atomic E-state index is -2.08. The molecule has 1 heterocycles. The van der Waals surface area contributed by atoms with Crippen LogP contribution in [0.25, 0.3) is 0 Å². The molecule has 1 aromatic heterocycles. The van der Waals surface area contributed by atoms with Gasteiger partial charge >= 0.3 is 0 Å². The summed E-state index contributed by atoms with van der Waals surface area (Å²) in [4.78, 5) is 0. The molecule has 204 valence electrons. The van der Waals surface area contributed by atoms with E-state index in [0.29, 0.717) is 16.6 Å². The van der Waals surface area contributed by atoms with Crippen molar-refractivity contribution >= 4 is 23.8 Å².